The summed E-state index contributed by atoms with van der Waals surface area (Å²) in [4.78, 5) is 18.6. The summed E-state index contributed by atoms with van der Waals surface area (Å²) < 4.78 is 33.4. The van der Waals surface area contributed by atoms with Gasteiger partial charge in [0.2, 0.25) is 10.0 Å². The molecule has 0 spiro atoms. The van der Waals surface area contributed by atoms with Crippen LogP contribution in [0.25, 0.3) is 11.1 Å². The van der Waals surface area contributed by atoms with Crippen LogP contribution >= 0.6 is 0 Å². The smallest absolute Gasteiger partial charge is 0.408 e. The van der Waals surface area contributed by atoms with E-state index in [2.05, 4.69) is 14.7 Å². The maximum absolute atomic E-state index is 12.3. The molecule has 0 fully saturated rings. The number of sulfonamides is 1. The van der Waals surface area contributed by atoms with E-state index < -0.39 is 15.8 Å². The van der Waals surface area contributed by atoms with Crippen LogP contribution in [0.15, 0.2) is 38.5 Å². The van der Waals surface area contributed by atoms with Crippen LogP contribution in [-0.2, 0) is 23.5 Å². The van der Waals surface area contributed by atoms with Gasteiger partial charge in [0.15, 0.2) is 5.58 Å². The minimum Gasteiger partial charge on any atom is -0.408 e. The number of nitrogens with zero attached hydrogens (tertiary/aromatic N) is 2. The molecule has 23 heavy (non-hydrogen) atoms. The molecule has 0 aliphatic heterocycles. The van der Waals surface area contributed by atoms with Gasteiger partial charge in [-0.3, -0.25) is 4.57 Å². The molecule has 0 saturated carbocycles. The number of benzene rings is 1. The van der Waals surface area contributed by atoms with Gasteiger partial charge in [0.1, 0.15) is 5.82 Å². The molecule has 0 atom stereocenters. The highest BCUT2D eigenvalue weighted by Gasteiger charge is 2.16. The summed E-state index contributed by atoms with van der Waals surface area (Å²) in [6, 6.07) is 4.34. The lowest BCUT2D eigenvalue weighted by Crippen LogP contribution is -2.26. The molecule has 0 radical (unpaired) electrons. The fourth-order valence-corrected chi connectivity index (χ4v) is 3.33. The molecule has 3 rings (SSSR count). The monoisotopic (exact) mass is 336 g/mol. The van der Waals surface area contributed by atoms with Crippen molar-refractivity contribution in [3.8, 4) is 0 Å². The predicted octanol–water partition coefficient (Wildman–Crippen LogP) is 0.684. The van der Waals surface area contributed by atoms with Gasteiger partial charge < -0.3 is 9.40 Å². The number of aromatic nitrogens is 3. The minimum absolute atomic E-state index is 0.0557. The summed E-state index contributed by atoms with van der Waals surface area (Å²) in [5.41, 5.74) is 1.64. The average Bonchev–Trinajstić information content (AvgIpc) is 3.03. The number of nitrogens with one attached hydrogen (secondary N) is 2. The summed E-state index contributed by atoms with van der Waals surface area (Å²) in [7, 11) is -2.11. The second kappa shape index (κ2) is 5.67. The first-order valence-electron chi connectivity index (χ1n) is 6.96. The average molecular weight is 336 g/mol. The van der Waals surface area contributed by atoms with Crippen molar-refractivity contribution in [1.29, 1.82) is 0 Å². The summed E-state index contributed by atoms with van der Waals surface area (Å²) >= 11 is 0. The fourth-order valence-electron chi connectivity index (χ4n) is 2.28. The van der Waals surface area contributed by atoms with Gasteiger partial charge in [0, 0.05) is 38.0 Å². The Kier molecular flexibility index (Phi) is 3.82. The molecular weight excluding hydrogens is 320 g/mol. The van der Waals surface area contributed by atoms with Crippen LogP contribution in [0.3, 0.4) is 0 Å². The molecule has 2 N–H and O–H groups in total. The van der Waals surface area contributed by atoms with E-state index in [4.69, 9.17) is 4.42 Å². The van der Waals surface area contributed by atoms with E-state index >= 15 is 0 Å². The first-order valence-corrected chi connectivity index (χ1v) is 8.45. The Labute approximate surface area is 132 Å². The van der Waals surface area contributed by atoms with Gasteiger partial charge in [-0.2, -0.15) is 0 Å². The van der Waals surface area contributed by atoms with Crippen molar-refractivity contribution in [1.82, 2.24) is 19.3 Å². The van der Waals surface area contributed by atoms with Gasteiger partial charge in [-0.1, -0.05) is 0 Å². The van der Waals surface area contributed by atoms with E-state index in [1.165, 1.54) is 16.7 Å². The van der Waals surface area contributed by atoms with Crippen molar-refractivity contribution in [2.24, 2.45) is 7.05 Å². The van der Waals surface area contributed by atoms with Gasteiger partial charge in [0.25, 0.3) is 0 Å². The zero-order valence-electron chi connectivity index (χ0n) is 12.7. The number of H-pyrrole nitrogens is 1. The van der Waals surface area contributed by atoms with Gasteiger partial charge in [-0.15, -0.1) is 0 Å². The number of hydrogen-bond donors (Lipinski definition) is 2. The number of aryl methyl sites for hydroxylation is 2. The molecule has 0 aliphatic rings. The molecule has 8 nitrogen and oxygen atoms in total. The van der Waals surface area contributed by atoms with E-state index in [0.29, 0.717) is 11.9 Å². The Balaban J connectivity index is 1.77. The van der Waals surface area contributed by atoms with Crippen LogP contribution in [-0.4, -0.2) is 29.5 Å². The SMILES string of the molecule is Cc1ncc(CCNS(=O)(=O)c2ccc3c(c2)oc(=O)n3C)[nH]1. The molecule has 1 aromatic carbocycles. The van der Waals surface area contributed by atoms with Crippen LogP contribution in [0.5, 0.6) is 0 Å². The van der Waals surface area contributed by atoms with Crippen LogP contribution in [0.4, 0.5) is 0 Å². The molecule has 2 heterocycles. The van der Waals surface area contributed by atoms with E-state index in [1.807, 2.05) is 6.92 Å². The molecular formula is C14H16N4O4S. The number of oxazole rings is 1. The lowest BCUT2D eigenvalue weighted by molar-refractivity contribution is 0.527. The second-order valence-electron chi connectivity index (χ2n) is 5.20. The first kappa shape index (κ1) is 15.5. The summed E-state index contributed by atoms with van der Waals surface area (Å²) in [5, 5.41) is 0. The summed E-state index contributed by atoms with van der Waals surface area (Å²) in [6.45, 7) is 2.07. The van der Waals surface area contributed by atoms with Gasteiger partial charge >= 0.3 is 5.76 Å². The van der Waals surface area contributed by atoms with Crippen molar-refractivity contribution in [2.45, 2.75) is 18.2 Å². The van der Waals surface area contributed by atoms with E-state index in [9.17, 15) is 13.2 Å². The molecule has 0 bridgehead atoms. The Morgan fingerprint density at radius 3 is 2.87 bits per heavy atom. The Morgan fingerprint density at radius 1 is 1.39 bits per heavy atom. The Bertz CT molecular complexity index is 1010. The van der Waals surface area contributed by atoms with Crippen molar-refractivity contribution >= 4 is 21.1 Å². The molecule has 122 valence electrons. The zero-order chi connectivity index (χ0) is 16.6. The van der Waals surface area contributed by atoms with Crippen LogP contribution < -0.4 is 10.5 Å². The number of rotatable bonds is 5. The zero-order valence-corrected chi connectivity index (χ0v) is 13.5. The van der Waals surface area contributed by atoms with Crippen LogP contribution in [0.2, 0.25) is 0 Å². The fraction of sp³-hybridized carbons (Fsp3) is 0.286. The number of imidazole rings is 1. The molecule has 9 heteroatoms. The molecule has 0 unspecified atom stereocenters. The lowest BCUT2D eigenvalue weighted by Gasteiger charge is -2.06. The third-order valence-corrected chi connectivity index (χ3v) is 4.97. The first-order chi connectivity index (χ1) is 10.9. The maximum Gasteiger partial charge on any atom is 0.419 e. The number of hydrogen-bond acceptors (Lipinski definition) is 5. The van der Waals surface area contributed by atoms with E-state index in [0.717, 1.165) is 11.5 Å². The van der Waals surface area contributed by atoms with Crippen LogP contribution in [0.1, 0.15) is 11.5 Å². The van der Waals surface area contributed by atoms with Crippen molar-refractivity contribution in [2.75, 3.05) is 6.54 Å². The Hall–Kier alpha value is -2.39. The topological polar surface area (TPSA) is 110 Å². The molecule has 3 aromatic rings. The molecule has 0 aliphatic carbocycles. The lowest BCUT2D eigenvalue weighted by atomic mass is 10.3. The highest BCUT2D eigenvalue weighted by atomic mass is 32.2. The normalized spacial score (nSPS) is 12.1. The minimum atomic E-state index is -3.67. The van der Waals surface area contributed by atoms with Gasteiger partial charge in [-0.05, 0) is 19.1 Å². The van der Waals surface area contributed by atoms with E-state index in [-0.39, 0.29) is 17.0 Å². The third kappa shape index (κ3) is 3.06. The van der Waals surface area contributed by atoms with Gasteiger partial charge in [0.05, 0.1) is 10.4 Å². The van der Waals surface area contributed by atoms with Crippen molar-refractivity contribution < 1.29 is 12.8 Å². The third-order valence-electron chi connectivity index (χ3n) is 3.52. The standard InChI is InChI=1S/C14H16N4O4S/c1-9-15-8-10(17-9)5-6-16-23(20,21)11-3-4-12-13(7-11)22-14(19)18(12)2/h3-4,7-8,16H,5-6H2,1-2H3,(H,15,17). The molecule has 0 saturated heterocycles. The molecule has 2 aromatic heterocycles. The number of aromatic amines is 1. The summed E-state index contributed by atoms with van der Waals surface area (Å²) in [5.74, 6) is 0.254. The van der Waals surface area contributed by atoms with Crippen LogP contribution in [0, 0.1) is 6.92 Å². The predicted molar refractivity (Wildman–Crippen MR) is 83.7 cm³/mol. The van der Waals surface area contributed by atoms with E-state index in [1.54, 1.807) is 19.3 Å². The Morgan fingerprint density at radius 2 is 2.17 bits per heavy atom. The maximum atomic E-state index is 12.3. The van der Waals surface area contributed by atoms with Crippen molar-refractivity contribution in [3.63, 3.8) is 0 Å². The number of fused-ring (bicyclic) bond motifs is 1. The largest absolute Gasteiger partial charge is 0.419 e. The highest BCUT2D eigenvalue weighted by Crippen LogP contribution is 2.17. The molecule has 0 amide bonds. The highest BCUT2D eigenvalue weighted by molar-refractivity contribution is 7.89. The summed E-state index contributed by atoms with van der Waals surface area (Å²) in [6.07, 6.45) is 2.18. The van der Waals surface area contributed by atoms with Crippen molar-refractivity contribution in [3.05, 3.63) is 46.5 Å². The second-order valence-corrected chi connectivity index (χ2v) is 6.97. The van der Waals surface area contributed by atoms with Gasteiger partial charge in [-0.25, -0.2) is 22.9 Å². The quantitative estimate of drug-likeness (QED) is 0.712.